The lowest BCUT2D eigenvalue weighted by Gasteiger charge is -2.27. The zero-order valence-corrected chi connectivity index (χ0v) is 16.4. The summed E-state index contributed by atoms with van der Waals surface area (Å²) < 4.78 is 38.2. The summed E-state index contributed by atoms with van der Waals surface area (Å²) in [6.45, 7) is 2.86. The predicted octanol–water partition coefficient (Wildman–Crippen LogP) is 2.85. The van der Waals surface area contributed by atoms with Crippen molar-refractivity contribution in [2.24, 2.45) is 0 Å². The Kier molecular flexibility index (Phi) is 5.55. The van der Waals surface area contributed by atoms with E-state index in [9.17, 15) is 18.0 Å². The van der Waals surface area contributed by atoms with Crippen LogP contribution in [0.25, 0.3) is 22.5 Å². The second-order valence-electron chi connectivity index (χ2n) is 7.04. The third-order valence-corrected chi connectivity index (χ3v) is 4.96. The molecule has 0 radical (unpaired) electrons. The number of nitrogens with zero attached hydrogens (tertiary/aromatic N) is 4. The van der Waals surface area contributed by atoms with Gasteiger partial charge < -0.3 is 16.0 Å². The number of alkyl halides is 3. The number of hydrogen-bond donors (Lipinski definition) is 2. The van der Waals surface area contributed by atoms with Gasteiger partial charge in [-0.25, -0.2) is 9.97 Å². The Balaban J connectivity index is 1.58. The quantitative estimate of drug-likeness (QED) is 0.666. The molecule has 1 aromatic carbocycles. The van der Waals surface area contributed by atoms with Crippen molar-refractivity contribution in [1.29, 1.82) is 0 Å². The molecule has 3 heterocycles. The van der Waals surface area contributed by atoms with Crippen LogP contribution in [-0.4, -0.2) is 51.9 Å². The molecule has 2 aromatic heterocycles. The van der Waals surface area contributed by atoms with Crippen molar-refractivity contribution in [2.45, 2.75) is 6.18 Å². The number of piperazine rings is 1. The molecule has 1 aliphatic rings. The second-order valence-corrected chi connectivity index (χ2v) is 7.04. The van der Waals surface area contributed by atoms with Crippen LogP contribution >= 0.6 is 0 Å². The van der Waals surface area contributed by atoms with E-state index in [2.05, 4.69) is 20.3 Å². The Bertz CT molecular complexity index is 1080. The van der Waals surface area contributed by atoms with E-state index >= 15 is 0 Å². The summed E-state index contributed by atoms with van der Waals surface area (Å²) in [5, 5.41) is 3.21. The van der Waals surface area contributed by atoms with Gasteiger partial charge in [-0.15, -0.1) is 0 Å². The lowest BCUT2D eigenvalue weighted by molar-refractivity contribution is -0.141. The highest BCUT2D eigenvalue weighted by molar-refractivity contribution is 5.94. The number of anilines is 1. The average molecular weight is 428 g/mol. The van der Waals surface area contributed by atoms with Crippen LogP contribution in [0.4, 0.5) is 19.0 Å². The summed E-state index contributed by atoms with van der Waals surface area (Å²) in [5.74, 6) is 0.0452. The zero-order valence-electron chi connectivity index (χ0n) is 16.4. The highest BCUT2D eigenvalue weighted by Gasteiger charge is 2.32. The molecule has 3 aromatic rings. The van der Waals surface area contributed by atoms with Crippen molar-refractivity contribution in [1.82, 2.24) is 25.2 Å². The minimum atomic E-state index is -4.53. The predicted molar refractivity (Wildman–Crippen MR) is 109 cm³/mol. The molecule has 3 N–H and O–H groups in total. The van der Waals surface area contributed by atoms with Crippen LogP contribution in [-0.2, 0) is 6.18 Å². The van der Waals surface area contributed by atoms with E-state index in [1.54, 1.807) is 29.2 Å². The fourth-order valence-electron chi connectivity index (χ4n) is 3.29. The van der Waals surface area contributed by atoms with Crippen molar-refractivity contribution < 1.29 is 18.0 Å². The summed E-state index contributed by atoms with van der Waals surface area (Å²) >= 11 is 0. The number of halogens is 3. The first-order chi connectivity index (χ1) is 14.8. The number of nitrogens with one attached hydrogen (secondary N) is 1. The van der Waals surface area contributed by atoms with Crippen molar-refractivity contribution in [3.8, 4) is 22.5 Å². The molecule has 31 heavy (non-hydrogen) atoms. The molecule has 1 saturated heterocycles. The standard InChI is InChI=1S/C21H19F3N6O/c22-21(23,24)17-6-5-15(11-27-17)18-19(25)28-12-16(29-18)13-1-3-14(4-2-13)20(31)30-9-7-26-8-10-30/h1-6,11-12,26H,7-10H2,(H2,25,28). The Morgan fingerprint density at radius 3 is 2.26 bits per heavy atom. The van der Waals surface area contributed by atoms with Crippen LogP contribution in [0, 0.1) is 0 Å². The van der Waals surface area contributed by atoms with Crippen LogP contribution in [0.5, 0.6) is 0 Å². The SMILES string of the molecule is Nc1ncc(-c2ccc(C(=O)N3CCNCC3)cc2)nc1-c1ccc(C(F)(F)F)nc1. The molecule has 0 saturated carbocycles. The van der Waals surface area contributed by atoms with Crippen LogP contribution in [0.3, 0.4) is 0 Å². The van der Waals surface area contributed by atoms with E-state index in [1.807, 2.05) is 0 Å². The largest absolute Gasteiger partial charge is 0.433 e. The molecule has 0 spiro atoms. The number of aromatic nitrogens is 3. The normalized spacial score (nSPS) is 14.5. The average Bonchev–Trinajstić information content (AvgIpc) is 2.79. The summed E-state index contributed by atoms with van der Waals surface area (Å²) in [6, 6.07) is 9.08. The smallest absolute Gasteiger partial charge is 0.382 e. The van der Waals surface area contributed by atoms with E-state index in [1.165, 1.54) is 12.3 Å². The molecular formula is C21H19F3N6O. The molecule has 0 aliphatic carbocycles. The highest BCUT2D eigenvalue weighted by Crippen LogP contribution is 2.30. The number of rotatable bonds is 3. The van der Waals surface area contributed by atoms with Gasteiger partial charge in [0.25, 0.3) is 5.91 Å². The molecule has 0 atom stereocenters. The monoisotopic (exact) mass is 428 g/mol. The number of hydrogen-bond acceptors (Lipinski definition) is 6. The third-order valence-electron chi connectivity index (χ3n) is 4.96. The van der Waals surface area contributed by atoms with Gasteiger partial charge in [-0.2, -0.15) is 13.2 Å². The molecule has 7 nitrogen and oxygen atoms in total. The second kappa shape index (κ2) is 8.31. The molecule has 1 amide bonds. The maximum absolute atomic E-state index is 12.7. The highest BCUT2D eigenvalue weighted by atomic mass is 19.4. The van der Waals surface area contributed by atoms with Gasteiger partial charge >= 0.3 is 6.18 Å². The number of nitrogens with two attached hydrogens (primary N) is 1. The molecule has 1 aliphatic heterocycles. The van der Waals surface area contributed by atoms with Crippen LogP contribution < -0.4 is 11.1 Å². The lowest BCUT2D eigenvalue weighted by Crippen LogP contribution is -2.46. The molecule has 1 fully saturated rings. The molecule has 4 rings (SSSR count). The van der Waals surface area contributed by atoms with Crippen molar-refractivity contribution in [3.05, 3.63) is 60.0 Å². The van der Waals surface area contributed by atoms with E-state index in [4.69, 9.17) is 5.73 Å². The third kappa shape index (κ3) is 4.48. The Morgan fingerprint density at radius 2 is 1.65 bits per heavy atom. The number of amides is 1. The topological polar surface area (TPSA) is 97.0 Å². The Morgan fingerprint density at radius 1 is 0.968 bits per heavy atom. The zero-order chi connectivity index (χ0) is 22.0. The Hall–Kier alpha value is -3.53. The number of nitrogen functional groups attached to an aromatic ring is 1. The van der Waals surface area contributed by atoms with Crippen molar-refractivity contribution in [3.63, 3.8) is 0 Å². The molecule has 160 valence electrons. The van der Waals surface area contributed by atoms with Gasteiger partial charge in [0.1, 0.15) is 17.2 Å². The first-order valence-electron chi connectivity index (χ1n) is 9.59. The van der Waals surface area contributed by atoms with Crippen molar-refractivity contribution >= 4 is 11.7 Å². The maximum atomic E-state index is 12.7. The fraction of sp³-hybridized carbons (Fsp3) is 0.238. The van der Waals surface area contributed by atoms with E-state index < -0.39 is 11.9 Å². The number of carbonyl (C=O) groups excluding carboxylic acids is 1. The number of carbonyl (C=O) groups is 1. The van der Waals surface area contributed by atoms with Crippen molar-refractivity contribution in [2.75, 3.05) is 31.9 Å². The van der Waals surface area contributed by atoms with Crippen LogP contribution in [0.2, 0.25) is 0 Å². The minimum absolute atomic E-state index is 0.0343. The van der Waals surface area contributed by atoms with Gasteiger partial charge in [0, 0.05) is 49.1 Å². The summed E-state index contributed by atoms with van der Waals surface area (Å²) in [5.41, 5.74) is 7.20. The first-order valence-corrected chi connectivity index (χ1v) is 9.59. The fourth-order valence-corrected chi connectivity index (χ4v) is 3.29. The van der Waals surface area contributed by atoms with Gasteiger partial charge in [0.15, 0.2) is 0 Å². The minimum Gasteiger partial charge on any atom is -0.382 e. The molecular weight excluding hydrogens is 409 g/mol. The van der Waals surface area contributed by atoms with Crippen LogP contribution in [0.1, 0.15) is 16.1 Å². The molecule has 10 heteroatoms. The Labute approximate surface area is 176 Å². The van der Waals surface area contributed by atoms with Gasteiger partial charge in [0.05, 0.1) is 11.9 Å². The molecule has 0 unspecified atom stereocenters. The summed E-state index contributed by atoms with van der Waals surface area (Å²) in [6.07, 6.45) is -1.98. The van der Waals surface area contributed by atoms with Gasteiger partial charge in [-0.3, -0.25) is 9.78 Å². The lowest BCUT2D eigenvalue weighted by atomic mass is 10.1. The number of benzene rings is 1. The van der Waals surface area contributed by atoms with Gasteiger partial charge in [-0.05, 0) is 24.3 Å². The van der Waals surface area contributed by atoms with E-state index in [-0.39, 0.29) is 17.4 Å². The van der Waals surface area contributed by atoms with E-state index in [0.717, 1.165) is 25.4 Å². The van der Waals surface area contributed by atoms with Gasteiger partial charge in [-0.1, -0.05) is 12.1 Å². The maximum Gasteiger partial charge on any atom is 0.433 e. The number of pyridine rings is 1. The van der Waals surface area contributed by atoms with E-state index in [0.29, 0.717) is 35.5 Å². The summed E-state index contributed by atoms with van der Waals surface area (Å²) in [4.78, 5) is 26.4. The molecule has 0 bridgehead atoms. The first kappa shape index (κ1) is 20.7. The van der Waals surface area contributed by atoms with Crippen LogP contribution in [0.15, 0.2) is 48.8 Å². The van der Waals surface area contributed by atoms with Gasteiger partial charge in [0.2, 0.25) is 0 Å². The summed E-state index contributed by atoms with van der Waals surface area (Å²) in [7, 11) is 0.